The second-order valence-electron chi connectivity index (χ2n) is 5.45. The highest BCUT2D eigenvalue weighted by Crippen LogP contribution is 2.41. The molecular weight excluding hydrogens is 450 g/mol. The zero-order valence-electron chi connectivity index (χ0n) is 14.8. The second kappa shape index (κ2) is 8.33. The van der Waals surface area contributed by atoms with E-state index in [4.69, 9.17) is 26.4 Å². The molecule has 8 heteroatoms. The van der Waals surface area contributed by atoms with Gasteiger partial charge in [-0.15, -0.1) is 0 Å². The fraction of sp³-hybridized carbons (Fsp3) is 0.158. The smallest absolute Gasteiger partial charge is 0.270 e. The Bertz CT molecular complexity index is 903. The average molecular weight is 466 g/mol. The van der Waals surface area contributed by atoms with E-state index in [1.807, 2.05) is 24.3 Å². The van der Waals surface area contributed by atoms with Gasteiger partial charge in [0.25, 0.3) is 5.91 Å². The van der Waals surface area contributed by atoms with E-state index in [2.05, 4.69) is 15.9 Å². The maximum Gasteiger partial charge on any atom is 0.270 e. The molecule has 1 amide bonds. The van der Waals surface area contributed by atoms with E-state index in [-0.39, 0.29) is 5.91 Å². The minimum absolute atomic E-state index is 0.166. The number of rotatable bonds is 5. The van der Waals surface area contributed by atoms with Crippen LogP contribution in [0.2, 0.25) is 0 Å². The van der Waals surface area contributed by atoms with E-state index >= 15 is 0 Å². The summed E-state index contributed by atoms with van der Waals surface area (Å²) in [7, 11) is 4.64. The Morgan fingerprint density at radius 1 is 1.04 bits per heavy atom. The van der Waals surface area contributed by atoms with Crippen molar-refractivity contribution < 1.29 is 19.0 Å². The number of ether oxygens (including phenoxy) is 3. The molecule has 0 N–H and O–H groups in total. The van der Waals surface area contributed by atoms with E-state index < -0.39 is 0 Å². The predicted molar refractivity (Wildman–Crippen MR) is 116 cm³/mol. The summed E-state index contributed by atoms with van der Waals surface area (Å²) in [6.07, 6.45) is 1.77. The van der Waals surface area contributed by atoms with Crippen LogP contribution in [0.3, 0.4) is 0 Å². The Hall–Kier alpha value is -2.03. The molecule has 0 bridgehead atoms. The summed E-state index contributed by atoms with van der Waals surface area (Å²) < 4.78 is 17.5. The SMILES string of the molecule is COc1cc(/C=C2\SC(=S)N(c3ccc(Br)cc3)C2=O)cc(OC)c1OC. The van der Waals surface area contributed by atoms with E-state index in [1.54, 1.807) is 39.5 Å². The van der Waals surface area contributed by atoms with Crippen LogP contribution in [0.1, 0.15) is 5.56 Å². The van der Waals surface area contributed by atoms with Crippen molar-refractivity contribution in [3.63, 3.8) is 0 Å². The molecule has 1 saturated heterocycles. The van der Waals surface area contributed by atoms with Crippen molar-refractivity contribution in [1.29, 1.82) is 0 Å². The highest BCUT2D eigenvalue weighted by molar-refractivity contribution is 9.10. The zero-order valence-corrected chi connectivity index (χ0v) is 18.0. The fourth-order valence-electron chi connectivity index (χ4n) is 2.62. The van der Waals surface area contributed by atoms with Crippen LogP contribution in [0, 0.1) is 0 Å². The van der Waals surface area contributed by atoms with Gasteiger partial charge in [0.2, 0.25) is 5.75 Å². The van der Waals surface area contributed by atoms with Gasteiger partial charge in [-0.05, 0) is 48.0 Å². The number of benzene rings is 2. The molecule has 1 aliphatic heterocycles. The van der Waals surface area contributed by atoms with Crippen LogP contribution in [0.25, 0.3) is 6.08 Å². The molecule has 1 heterocycles. The first-order valence-electron chi connectivity index (χ1n) is 7.82. The number of carbonyl (C=O) groups excluding carboxylic acids is 1. The number of nitrogens with zero attached hydrogens (tertiary/aromatic N) is 1. The summed E-state index contributed by atoms with van der Waals surface area (Å²) in [5, 5.41) is 0. The molecule has 2 aromatic carbocycles. The lowest BCUT2D eigenvalue weighted by molar-refractivity contribution is -0.113. The van der Waals surface area contributed by atoms with Gasteiger partial charge in [0.1, 0.15) is 0 Å². The summed E-state index contributed by atoms with van der Waals surface area (Å²) in [5.74, 6) is 1.37. The average Bonchev–Trinajstić information content (AvgIpc) is 2.95. The Morgan fingerprint density at radius 2 is 1.63 bits per heavy atom. The van der Waals surface area contributed by atoms with E-state index in [1.165, 1.54) is 16.7 Å². The number of hydrogen-bond acceptors (Lipinski definition) is 6. The molecule has 0 spiro atoms. The lowest BCUT2D eigenvalue weighted by Gasteiger charge is -2.14. The van der Waals surface area contributed by atoms with Crippen LogP contribution in [-0.2, 0) is 4.79 Å². The van der Waals surface area contributed by atoms with E-state index in [0.717, 1.165) is 15.7 Å². The van der Waals surface area contributed by atoms with Gasteiger partial charge in [-0.25, -0.2) is 0 Å². The first kappa shape index (κ1) is 19.7. The highest BCUT2D eigenvalue weighted by atomic mass is 79.9. The molecule has 27 heavy (non-hydrogen) atoms. The Kier molecular flexibility index (Phi) is 6.08. The number of hydrogen-bond donors (Lipinski definition) is 0. The molecule has 0 aromatic heterocycles. The zero-order chi connectivity index (χ0) is 19.6. The molecular formula is C19H16BrNO4S2. The van der Waals surface area contributed by atoms with Crippen molar-refractivity contribution in [3.05, 3.63) is 51.3 Å². The van der Waals surface area contributed by atoms with Gasteiger partial charge in [0.05, 0.1) is 31.9 Å². The molecule has 0 saturated carbocycles. The van der Waals surface area contributed by atoms with Crippen molar-refractivity contribution in [2.24, 2.45) is 0 Å². The first-order valence-corrected chi connectivity index (χ1v) is 9.83. The largest absolute Gasteiger partial charge is 0.493 e. The van der Waals surface area contributed by atoms with Crippen LogP contribution in [-0.4, -0.2) is 31.6 Å². The molecule has 140 valence electrons. The molecule has 2 aromatic rings. The Labute approximate surface area is 175 Å². The van der Waals surface area contributed by atoms with Gasteiger partial charge in [0.15, 0.2) is 15.8 Å². The van der Waals surface area contributed by atoms with E-state index in [9.17, 15) is 4.79 Å². The van der Waals surface area contributed by atoms with Gasteiger partial charge >= 0.3 is 0 Å². The Morgan fingerprint density at radius 3 is 2.15 bits per heavy atom. The number of halogens is 1. The summed E-state index contributed by atoms with van der Waals surface area (Å²) in [5.41, 5.74) is 1.48. The summed E-state index contributed by atoms with van der Waals surface area (Å²) in [4.78, 5) is 14.9. The van der Waals surface area contributed by atoms with Crippen LogP contribution < -0.4 is 19.1 Å². The summed E-state index contributed by atoms with van der Waals surface area (Å²) in [6.45, 7) is 0. The van der Waals surface area contributed by atoms with Crippen LogP contribution in [0.5, 0.6) is 17.2 Å². The van der Waals surface area contributed by atoms with Crippen molar-refractivity contribution in [2.75, 3.05) is 26.2 Å². The molecule has 1 fully saturated rings. The third kappa shape index (κ3) is 3.97. The molecule has 0 unspecified atom stereocenters. The van der Waals surface area contributed by atoms with Gasteiger partial charge in [-0.3, -0.25) is 9.69 Å². The van der Waals surface area contributed by atoms with Crippen molar-refractivity contribution in [3.8, 4) is 17.2 Å². The van der Waals surface area contributed by atoms with Crippen LogP contribution in [0.4, 0.5) is 5.69 Å². The fourth-order valence-corrected chi connectivity index (χ4v) is 4.18. The maximum absolute atomic E-state index is 12.9. The quantitative estimate of drug-likeness (QED) is 0.463. The number of carbonyl (C=O) groups is 1. The molecule has 3 rings (SSSR count). The molecule has 0 aliphatic carbocycles. The lowest BCUT2D eigenvalue weighted by Crippen LogP contribution is -2.27. The number of thiocarbonyl (C=S) groups is 1. The lowest BCUT2D eigenvalue weighted by atomic mass is 10.1. The monoisotopic (exact) mass is 465 g/mol. The maximum atomic E-state index is 12.9. The Balaban J connectivity index is 1.97. The van der Waals surface area contributed by atoms with Crippen LogP contribution in [0.15, 0.2) is 45.8 Å². The molecule has 1 aliphatic rings. The summed E-state index contributed by atoms with van der Waals surface area (Å²) in [6, 6.07) is 11.0. The number of thioether (sulfide) groups is 1. The van der Waals surface area contributed by atoms with Gasteiger partial charge in [0, 0.05) is 4.47 Å². The van der Waals surface area contributed by atoms with Gasteiger partial charge in [-0.1, -0.05) is 39.9 Å². The standard InChI is InChI=1S/C19H16BrNO4S2/c1-23-14-8-11(9-15(24-2)17(14)25-3)10-16-18(22)21(19(26)27-16)13-6-4-12(20)5-7-13/h4-10H,1-3H3/b16-10-. The minimum atomic E-state index is -0.166. The van der Waals surface area contributed by atoms with Crippen molar-refractivity contribution in [2.45, 2.75) is 0 Å². The minimum Gasteiger partial charge on any atom is -0.493 e. The third-order valence-electron chi connectivity index (χ3n) is 3.86. The normalized spacial score (nSPS) is 15.4. The van der Waals surface area contributed by atoms with Crippen molar-refractivity contribution >= 4 is 61.9 Å². The topological polar surface area (TPSA) is 48.0 Å². The van der Waals surface area contributed by atoms with Crippen molar-refractivity contribution in [1.82, 2.24) is 0 Å². The predicted octanol–water partition coefficient (Wildman–Crippen LogP) is 4.88. The first-order chi connectivity index (χ1) is 13.0. The van der Waals surface area contributed by atoms with Gasteiger partial charge < -0.3 is 14.2 Å². The van der Waals surface area contributed by atoms with Gasteiger partial charge in [-0.2, -0.15) is 0 Å². The molecule has 5 nitrogen and oxygen atoms in total. The number of methoxy groups -OCH3 is 3. The second-order valence-corrected chi connectivity index (χ2v) is 8.04. The number of amides is 1. The molecule has 0 atom stereocenters. The van der Waals surface area contributed by atoms with E-state index in [0.29, 0.717) is 26.5 Å². The highest BCUT2D eigenvalue weighted by Gasteiger charge is 2.33. The summed E-state index contributed by atoms with van der Waals surface area (Å²) >= 11 is 10.1. The van der Waals surface area contributed by atoms with Crippen LogP contribution >= 0.6 is 39.9 Å². The number of anilines is 1. The third-order valence-corrected chi connectivity index (χ3v) is 5.69. The molecule has 0 radical (unpaired) electrons.